The molecule has 0 spiro atoms. The quantitative estimate of drug-likeness (QED) is 0.342. The van der Waals surface area contributed by atoms with Gasteiger partial charge in [0.15, 0.2) is 0 Å². The first-order valence-electron chi connectivity index (χ1n) is 8.74. The van der Waals surface area contributed by atoms with Crippen LogP contribution in [0.4, 0.5) is 5.69 Å². The van der Waals surface area contributed by atoms with E-state index in [0.29, 0.717) is 11.4 Å². The Hall–Kier alpha value is -3.44. The van der Waals surface area contributed by atoms with Crippen LogP contribution >= 0.6 is 11.6 Å². The van der Waals surface area contributed by atoms with Crippen LogP contribution in [-0.4, -0.2) is 14.9 Å². The Labute approximate surface area is 166 Å². The van der Waals surface area contributed by atoms with E-state index >= 15 is 0 Å². The number of nitro groups is 1. The highest BCUT2D eigenvalue weighted by Gasteiger charge is 2.14. The first-order valence-corrected chi connectivity index (χ1v) is 9.12. The summed E-state index contributed by atoms with van der Waals surface area (Å²) in [5.41, 5.74) is 4.67. The van der Waals surface area contributed by atoms with Crippen molar-refractivity contribution in [3.05, 3.63) is 104 Å². The second-order valence-corrected chi connectivity index (χ2v) is 6.75. The molecule has 0 aliphatic carbocycles. The topological polar surface area (TPSA) is 71.8 Å². The van der Waals surface area contributed by atoms with Gasteiger partial charge >= 0.3 is 0 Å². The standard InChI is InChI=1S/C22H16ClN3O2/c23-21-16(8-5-11-19(21)26(27)28)12-13-20-24-18-10-4-9-17(22(18)25-20)14-15-6-2-1-3-7-15/h1-13H,14H2,(H,24,25)/b13-12+. The lowest BCUT2D eigenvalue weighted by Gasteiger charge is -2.02. The number of fused-ring (bicyclic) bond motifs is 1. The molecule has 0 aliphatic heterocycles. The van der Waals surface area contributed by atoms with Gasteiger partial charge in [0.25, 0.3) is 5.69 Å². The van der Waals surface area contributed by atoms with E-state index in [1.807, 2.05) is 30.3 Å². The van der Waals surface area contributed by atoms with Crippen LogP contribution in [0.2, 0.25) is 5.02 Å². The van der Waals surface area contributed by atoms with Crippen molar-refractivity contribution in [2.45, 2.75) is 6.42 Å². The van der Waals surface area contributed by atoms with Gasteiger partial charge in [0, 0.05) is 11.6 Å². The SMILES string of the molecule is O=[N+]([O-])c1cccc(/C=C/c2nc3c(Cc4ccccc4)cccc3[nH]2)c1Cl. The Bertz CT molecular complexity index is 1180. The van der Waals surface area contributed by atoms with Gasteiger partial charge in [-0.25, -0.2) is 4.98 Å². The van der Waals surface area contributed by atoms with Crippen LogP contribution in [0.25, 0.3) is 23.2 Å². The summed E-state index contributed by atoms with van der Waals surface area (Å²) >= 11 is 6.14. The molecule has 1 aromatic heterocycles. The Balaban J connectivity index is 1.66. The van der Waals surface area contributed by atoms with Crippen LogP contribution in [0.5, 0.6) is 0 Å². The first-order chi connectivity index (χ1) is 13.6. The summed E-state index contributed by atoms with van der Waals surface area (Å²) in [5.74, 6) is 0.665. The highest BCUT2D eigenvalue weighted by atomic mass is 35.5. The average Bonchev–Trinajstić information content (AvgIpc) is 3.12. The third-order valence-electron chi connectivity index (χ3n) is 4.48. The van der Waals surface area contributed by atoms with E-state index in [-0.39, 0.29) is 10.7 Å². The van der Waals surface area contributed by atoms with Crippen molar-refractivity contribution >= 4 is 40.5 Å². The van der Waals surface area contributed by atoms with Gasteiger partial charge in [-0.3, -0.25) is 10.1 Å². The molecule has 0 bridgehead atoms. The second kappa shape index (κ2) is 7.66. The molecule has 6 heteroatoms. The summed E-state index contributed by atoms with van der Waals surface area (Å²) < 4.78 is 0. The van der Waals surface area contributed by atoms with E-state index in [0.717, 1.165) is 23.0 Å². The zero-order valence-electron chi connectivity index (χ0n) is 14.8. The van der Waals surface area contributed by atoms with Crippen LogP contribution in [0.15, 0.2) is 66.7 Å². The van der Waals surface area contributed by atoms with Crippen LogP contribution < -0.4 is 0 Å². The number of rotatable bonds is 5. The first kappa shape index (κ1) is 17.9. The molecular weight excluding hydrogens is 374 g/mol. The van der Waals surface area contributed by atoms with Gasteiger partial charge in [-0.15, -0.1) is 0 Å². The van der Waals surface area contributed by atoms with E-state index < -0.39 is 4.92 Å². The fraction of sp³-hybridized carbons (Fsp3) is 0.0455. The van der Waals surface area contributed by atoms with Crippen molar-refractivity contribution in [2.24, 2.45) is 0 Å². The highest BCUT2D eigenvalue weighted by molar-refractivity contribution is 6.34. The predicted molar refractivity (Wildman–Crippen MR) is 112 cm³/mol. The van der Waals surface area contributed by atoms with Gasteiger partial charge in [0.2, 0.25) is 0 Å². The molecular formula is C22H16ClN3O2. The van der Waals surface area contributed by atoms with Crippen LogP contribution in [-0.2, 0) is 6.42 Å². The van der Waals surface area contributed by atoms with Crippen molar-refractivity contribution in [1.82, 2.24) is 9.97 Å². The number of halogens is 1. The summed E-state index contributed by atoms with van der Waals surface area (Å²) in [5, 5.41) is 11.1. The molecule has 3 aromatic carbocycles. The normalized spacial score (nSPS) is 11.3. The van der Waals surface area contributed by atoms with E-state index in [1.54, 1.807) is 24.3 Å². The number of imidazole rings is 1. The minimum Gasteiger partial charge on any atom is -0.338 e. The molecule has 4 aromatic rings. The molecule has 1 N–H and O–H groups in total. The molecule has 138 valence electrons. The van der Waals surface area contributed by atoms with Crippen molar-refractivity contribution in [3.8, 4) is 0 Å². The second-order valence-electron chi connectivity index (χ2n) is 6.37. The Morgan fingerprint density at radius 2 is 1.79 bits per heavy atom. The minimum absolute atomic E-state index is 0.112. The molecule has 28 heavy (non-hydrogen) atoms. The van der Waals surface area contributed by atoms with Crippen LogP contribution in [0.3, 0.4) is 0 Å². The number of aromatic nitrogens is 2. The van der Waals surface area contributed by atoms with Crippen LogP contribution in [0.1, 0.15) is 22.5 Å². The predicted octanol–water partition coefficient (Wildman–Crippen LogP) is 5.89. The molecule has 4 rings (SSSR count). The lowest BCUT2D eigenvalue weighted by Crippen LogP contribution is -1.90. The molecule has 1 heterocycles. The van der Waals surface area contributed by atoms with Crippen molar-refractivity contribution < 1.29 is 4.92 Å². The van der Waals surface area contributed by atoms with E-state index in [4.69, 9.17) is 16.6 Å². The van der Waals surface area contributed by atoms with Gasteiger partial charge in [-0.1, -0.05) is 66.2 Å². The van der Waals surface area contributed by atoms with Crippen LogP contribution in [0, 0.1) is 10.1 Å². The van der Waals surface area contributed by atoms with Gasteiger partial charge in [-0.05, 0) is 35.8 Å². The van der Waals surface area contributed by atoms with Gasteiger partial charge in [-0.2, -0.15) is 0 Å². The number of nitrogens with one attached hydrogen (secondary N) is 1. The number of aromatic amines is 1. The Morgan fingerprint density at radius 3 is 2.57 bits per heavy atom. The van der Waals surface area contributed by atoms with Gasteiger partial charge in [0.1, 0.15) is 10.8 Å². The van der Waals surface area contributed by atoms with Gasteiger partial charge < -0.3 is 4.98 Å². The monoisotopic (exact) mass is 389 g/mol. The van der Waals surface area contributed by atoms with E-state index in [1.165, 1.54) is 11.6 Å². The van der Waals surface area contributed by atoms with Crippen molar-refractivity contribution in [1.29, 1.82) is 0 Å². The fourth-order valence-electron chi connectivity index (χ4n) is 3.12. The number of hydrogen-bond acceptors (Lipinski definition) is 3. The van der Waals surface area contributed by atoms with Gasteiger partial charge in [0.05, 0.1) is 16.0 Å². The smallest absolute Gasteiger partial charge is 0.288 e. The summed E-state index contributed by atoms with van der Waals surface area (Å²) in [6, 6.07) is 21.0. The number of benzene rings is 3. The fourth-order valence-corrected chi connectivity index (χ4v) is 3.38. The number of para-hydroxylation sites is 1. The Morgan fingerprint density at radius 1 is 1.00 bits per heavy atom. The molecule has 0 unspecified atom stereocenters. The largest absolute Gasteiger partial charge is 0.338 e. The summed E-state index contributed by atoms with van der Waals surface area (Å²) in [4.78, 5) is 18.5. The maximum atomic E-state index is 11.0. The molecule has 5 nitrogen and oxygen atoms in total. The lowest BCUT2D eigenvalue weighted by molar-refractivity contribution is -0.384. The van der Waals surface area contributed by atoms with E-state index in [2.05, 4.69) is 23.2 Å². The molecule has 0 radical (unpaired) electrons. The molecule has 0 fully saturated rings. The highest BCUT2D eigenvalue weighted by Crippen LogP contribution is 2.29. The third kappa shape index (κ3) is 3.66. The summed E-state index contributed by atoms with van der Waals surface area (Å²) in [6.45, 7) is 0. The average molecular weight is 390 g/mol. The molecule has 0 atom stereocenters. The summed E-state index contributed by atoms with van der Waals surface area (Å²) in [6.07, 6.45) is 4.30. The lowest BCUT2D eigenvalue weighted by atomic mass is 10.0. The van der Waals surface area contributed by atoms with Crippen molar-refractivity contribution in [2.75, 3.05) is 0 Å². The van der Waals surface area contributed by atoms with E-state index in [9.17, 15) is 10.1 Å². The maximum Gasteiger partial charge on any atom is 0.288 e. The number of nitrogens with zero attached hydrogens (tertiary/aromatic N) is 2. The Kier molecular flexibility index (Phi) is 4.91. The number of H-pyrrole nitrogens is 1. The third-order valence-corrected chi connectivity index (χ3v) is 4.89. The number of hydrogen-bond donors (Lipinski definition) is 1. The summed E-state index contributed by atoms with van der Waals surface area (Å²) in [7, 11) is 0. The maximum absolute atomic E-state index is 11.0. The number of nitro benzene ring substituents is 1. The molecule has 0 amide bonds. The minimum atomic E-state index is -0.489. The van der Waals surface area contributed by atoms with Crippen molar-refractivity contribution in [3.63, 3.8) is 0 Å². The zero-order chi connectivity index (χ0) is 19.5. The molecule has 0 saturated carbocycles. The zero-order valence-corrected chi connectivity index (χ0v) is 15.6. The molecule has 0 saturated heterocycles. The molecule has 0 aliphatic rings.